The third-order valence-corrected chi connectivity index (χ3v) is 2.94. The lowest BCUT2D eigenvalue weighted by Crippen LogP contribution is -2.12. The third kappa shape index (κ3) is 2.40. The topological polar surface area (TPSA) is 82.5 Å². The lowest BCUT2D eigenvalue weighted by Gasteiger charge is -2.01. The van der Waals surface area contributed by atoms with Gasteiger partial charge in [0.1, 0.15) is 5.75 Å². The second-order valence-corrected chi connectivity index (χ2v) is 4.27. The fraction of sp³-hybridized carbons (Fsp3) is 0.0714. The molecule has 7 heteroatoms. The SMILES string of the molecule is NC(=O)c1cccn2nc(-c3cccc(OCF)c3)nc12. The summed E-state index contributed by atoms with van der Waals surface area (Å²) in [4.78, 5) is 15.7. The van der Waals surface area contributed by atoms with Crippen LogP contribution < -0.4 is 10.5 Å². The number of fused-ring (bicyclic) bond motifs is 1. The molecule has 0 unspecified atom stereocenters. The van der Waals surface area contributed by atoms with Crippen LogP contribution in [0, 0.1) is 0 Å². The summed E-state index contributed by atoms with van der Waals surface area (Å²) in [5.41, 5.74) is 6.62. The van der Waals surface area contributed by atoms with Gasteiger partial charge in [0.25, 0.3) is 5.91 Å². The molecule has 2 aromatic heterocycles. The normalized spacial score (nSPS) is 10.7. The molecule has 1 aromatic carbocycles. The maximum absolute atomic E-state index is 12.2. The number of benzene rings is 1. The van der Waals surface area contributed by atoms with E-state index >= 15 is 0 Å². The summed E-state index contributed by atoms with van der Waals surface area (Å²) in [6.07, 6.45) is 1.67. The Balaban J connectivity index is 2.11. The number of carbonyl (C=O) groups is 1. The van der Waals surface area contributed by atoms with Crippen LogP contribution in [0.2, 0.25) is 0 Å². The summed E-state index contributed by atoms with van der Waals surface area (Å²) in [6, 6.07) is 9.98. The van der Waals surface area contributed by atoms with Gasteiger partial charge in [-0.2, -0.15) is 0 Å². The van der Waals surface area contributed by atoms with E-state index in [0.29, 0.717) is 22.8 Å². The molecule has 0 saturated heterocycles. The first-order valence-electron chi connectivity index (χ1n) is 6.13. The first-order valence-corrected chi connectivity index (χ1v) is 6.13. The van der Waals surface area contributed by atoms with Crippen molar-refractivity contribution in [1.29, 1.82) is 0 Å². The molecule has 3 rings (SSSR count). The van der Waals surface area contributed by atoms with Gasteiger partial charge in [-0.25, -0.2) is 13.9 Å². The molecule has 0 aliphatic carbocycles. The van der Waals surface area contributed by atoms with Gasteiger partial charge in [0.05, 0.1) is 5.56 Å². The molecule has 0 atom stereocenters. The minimum absolute atomic E-state index is 0.285. The number of hydrogen-bond donors (Lipinski definition) is 1. The molecule has 0 spiro atoms. The van der Waals surface area contributed by atoms with E-state index in [0.717, 1.165) is 0 Å². The molecular formula is C14H11FN4O2. The lowest BCUT2D eigenvalue weighted by molar-refractivity contribution is 0.100. The first kappa shape index (κ1) is 13.0. The highest BCUT2D eigenvalue weighted by atomic mass is 19.1. The number of nitrogens with zero attached hydrogens (tertiary/aromatic N) is 3. The van der Waals surface area contributed by atoms with Crippen molar-refractivity contribution in [2.45, 2.75) is 0 Å². The average Bonchev–Trinajstić information content (AvgIpc) is 2.91. The molecule has 0 radical (unpaired) electrons. The van der Waals surface area contributed by atoms with Crippen LogP contribution in [0.4, 0.5) is 4.39 Å². The highest BCUT2D eigenvalue weighted by Gasteiger charge is 2.13. The van der Waals surface area contributed by atoms with E-state index in [1.54, 1.807) is 42.6 Å². The molecule has 0 aliphatic rings. The summed E-state index contributed by atoms with van der Waals surface area (Å²) >= 11 is 0. The van der Waals surface area contributed by atoms with Gasteiger partial charge in [0.2, 0.25) is 6.86 Å². The van der Waals surface area contributed by atoms with Crippen LogP contribution in [0.1, 0.15) is 10.4 Å². The van der Waals surface area contributed by atoms with Gasteiger partial charge < -0.3 is 10.5 Å². The minimum atomic E-state index is -0.909. The van der Waals surface area contributed by atoms with E-state index in [1.807, 2.05) is 0 Å². The van der Waals surface area contributed by atoms with Crippen molar-refractivity contribution in [2.24, 2.45) is 5.73 Å². The predicted octanol–water partition coefficient (Wildman–Crippen LogP) is 1.80. The number of ether oxygens (including phenoxy) is 1. The Morgan fingerprint density at radius 3 is 2.95 bits per heavy atom. The van der Waals surface area contributed by atoms with Crippen molar-refractivity contribution < 1.29 is 13.9 Å². The van der Waals surface area contributed by atoms with Gasteiger partial charge in [-0.1, -0.05) is 12.1 Å². The molecule has 2 N–H and O–H groups in total. The smallest absolute Gasteiger partial charge is 0.252 e. The molecule has 0 fully saturated rings. The number of halogens is 1. The van der Waals surface area contributed by atoms with E-state index in [-0.39, 0.29) is 5.56 Å². The largest absolute Gasteiger partial charge is 0.463 e. The van der Waals surface area contributed by atoms with E-state index in [4.69, 9.17) is 10.5 Å². The summed E-state index contributed by atoms with van der Waals surface area (Å²) in [7, 11) is 0. The third-order valence-electron chi connectivity index (χ3n) is 2.94. The Hall–Kier alpha value is -2.96. The van der Waals surface area contributed by atoms with E-state index in [2.05, 4.69) is 10.1 Å². The standard InChI is InChI=1S/C14H11FN4O2/c15-8-21-10-4-1-3-9(7-10)13-17-14-11(12(16)20)5-2-6-19(14)18-13/h1-7H,8H2,(H2,16,20). The number of alkyl halides is 1. The molecule has 0 bridgehead atoms. The zero-order valence-electron chi connectivity index (χ0n) is 10.9. The zero-order valence-corrected chi connectivity index (χ0v) is 10.9. The van der Waals surface area contributed by atoms with Crippen LogP contribution in [-0.2, 0) is 0 Å². The van der Waals surface area contributed by atoms with Gasteiger partial charge in [0, 0.05) is 11.8 Å². The van der Waals surface area contributed by atoms with Crippen LogP contribution in [0.3, 0.4) is 0 Å². The van der Waals surface area contributed by atoms with E-state index in [9.17, 15) is 9.18 Å². The number of aromatic nitrogens is 3. The summed E-state index contributed by atoms with van der Waals surface area (Å²) in [6.45, 7) is -0.909. The number of primary amides is 1. The number of nitrogens with two attached hydrogens (primary N) is 1. The number of carbonyl (C=O) groups excluding carboxylic acids is 1. The monoisotopic (exact) mass is 286 g/mol. The van der Waals surface area contributed by atoms with E-state index in [1.165, 1.54) is 4.52 Å². The maximum Gasteiger partial charge on any atom is 0.252 e. The number of hydrogen-bond acceptors (Lipinski definition) is 4. The summed E-state index contributed by atoms with van der Waals surface area (Å²) in [5, 5.41) is 4.28. The van der Waals surface area contributed by atoms with Gasteiger partial charge >= 0.3 is 0 Å². The average molecular weight is 286 g/mol. The molecule has 1 amide bonds. The van der Waals surface area contributed by atoms with Crippen molar-refractivity contribution in [1.82, 2.24) is 14.6 Å². The van der Waals surface area contributed by atoms with Crippen LogP contribution in [0.25, 0.3) is 17.0 Å². The molecular weight excluding hydrogens is 275 g/mol. The van der Waals surface area contributed by atoms with Crippen LogP contribution >= 0.6 is 0 Å². The second kappa shape index (κ2) is 5.20. The zero-order chi connectivity index (χ0) is 14.8. The van der Waals surface area contributed by atoms with E-state index < -0.39 is 12.8 Å². The molecule has 6 nitrogen and oxygen atoms in total. The van der Waals surface area contributed by atoms with Gasteiger partial charge in [-0.05, 0) is 24.3 Å². The van der Waals surface area contributed by atoms with Crippen molar-refractivity contribution in [3.63, 3.8) is 0 Å². The Morgan fingerprint density at radius 1 is 1.33 bits per heavy atom. The van der Waals surface area contributed by atoms with Gasteiger partial charge in [-0.3, -0.25) is 4.79 Å². The number of rotatable bonds is 4. The quantitative estimate of drug-likeness (QED) is 0.792. The summed E-state index contributed by atoms with van der Waals surface area (Å²) in [5.74, 6) is 0.200. The van der Waals surface area contributed by atoms with Crippen molar-refractivity contribution in [3.05, 3.63) is 48.2 Å². The van der Waals surface area contributed by atoms with Crippen LogP contribution in [0.15, 0.2) is 42.6 Å². The highest BCUT2D eigenvalue weighted by molar-refractivity contribution is 5.98. The molecule has 2 heterocycles. The summed E-state index contributed by atoms with van der Waals surface area (Å²) < 4.78 is 18.5. The Labute approximate surface area is 119 Å². The van der Waals surface area contributed by atoms with Crippen molar-refractivity contribution >= 4 is 11.6 Å². The molecule has 106 valence electrons. The number of amides is 1. The first-order chi connectivity index (χ1) is 10.2. The molecule has 0 aliphatic heterocycles. The molecule has 0 saturated carbocycles. The molecule has 3 aromatic rings. The molecule has 21 heavy (non-hydrogen) atoms. The van der Waals surface area contributed by atoms with Crippen LogP contribution in [0.5, 0.6) is 5.75 Å². The fourth-order valence-corrected chi connectivity index (χ4v) is 2.01. The van der Waals surface area contributed by atoms with Crippen LogP contribution in [-0.4, -0.2) is 27.4 Å². The number of pyridine rings is 1. The second-order valence-electron chi connectivity index (χ2n) is 4.27. The Bertz CT molecular complexity index is 816. The maximum atomic E-state index is 12.2. The van der Waals surface area contributed by atoms with Gasteiger partial charge in [0.15, 0.2) is 11.5 Å². The Morgan fingerprint density at radius 2 is 2.19 bits per heavy atom. The minimum Gasteiger partial charge on any atom is -0.463 e. The van der Waals surface area contributed by atoms with Gasteiger partial charge in [-0.15, -0.1) is 5.10 Å². The van der Waals surface area contributed by atoms with Crippen molar-refractivity contribution in [3.8, 4) is 17.1 Å². The predicted molar refractivity (Wildman–Crippen MR) is 73.5 cm³/mol. The Kier molecular flexibility index (Phi) is 3.23. The lowest BCUT2D eigenvalue weighted by atomic mass is 10.2. The van der Waals surface area contributed by atoms with Crippen molar-refractivity contribution in [2.75, 3.05) is 6.86 Å². The highest BCUT2D eigenvalue weighted by Crippen LogP contribution is 2.22. The fourth-order valence-electron chi connectivity index (χ4n) is 2.01.